The molecule has 0 radical (unpaired) electrons. The molecule has 5 nitrogen and oxygen atoms in total. The molecule has 0 saturated carbocycles. The number of carbonyl (C=O) groups is 1. The second kappa shape index (κ2) is 7.63. The molecule has 0 spiro atoms. The number of nitrogens with zero attached hydrogens (tertiary/aromatic N) is 1. The van der Waals surface area contributed by atoms with Gasteiger partial charge in [0.2, 0.25) is 0 Å². The topological polar surface area (TPSA) is 77.2 Å². The predicted molar refractivity (Wildman–Crippen MR) is 101 cm³/mol. The third-order valence-corrected chi connectivity index (χ3v) is 4.27. The van der Waals surface area contributed by atoms with Crippen molar-refractivity contribution in [1.29, 1.82) is 0 Å². The monoisotopic (exact) mass is 351 g/mol. The number of hydrogen-bond donors (Lipinski definition) is 2. The number of methoxy groups -OCH3 is 1. The van der Waals surface area contributed by atoms with Crippen molar-refractivity contribution >= 4 is 28.1 Å². The summed E-state index contributed by atoms with van der Waals surface area (Å²) in [5.74, 6) is 0.418. The van der Waals surface area contributed by atoms with E-state index in [-0.39, 0.29) is 5.91 Å². The highest BCUT2D eigenvalue weighted by molar-refractivity contribution is 7.14. The van der Waals surface area contributed by atoms with Gasteiger partial charge in [0, 0.05) is 22.7 Å². The Labute approximate surface area is 149 Å². The Balaban J connectivity index is 1.74. The van der Waals surface area contributed by atoms with Gasteiger partial charge in [-0.3, -0.25) is 10.1 Å². The summed E-state index contributed by atoms with van der Waals surface area (Å²) in [6, 6.07) is 16.9. The van der Waals surface area contributed by atoms with E-state index in [1.54, 1.807) is 7.11 Å². The van der Waals surface area contributed by atoms with Crippen LogP contribution in [0.2, 0.25) is 0 Å². The van der Waals surface area contributed by atoms with E-state index in [0.29, 0.717) is 10.8 Å². The highest BCUT2D eigenvalue weighted by Gasteiger charge is 2.11. The molecule has 1 heterocycles. The summed E-state index contributed by atoms with van der Waals surface area (Å²) in [5.41, 5.74) is 8.77. The molecule has 0 aliphatic heterocycles. The number of amides is 1. The molecule has 25 heavy (non-hydrogen) atoms. The highest BCUT2D eigenvalue weighted by atomic mass is 32.1. The molecule has 1 amide bonds. The van der Waals surface area contributed by atoms with E-state index in [1.807, 2.05) is 60.0 Å². The molecule has 0 bridgehead atoms. The summed E-state index contributed by atoms with van der Waals surface area (Å²) in [6.07, 6.45) is 1.36. The zero-order chi connectivity index (χ0) is 17.6. The Morgan fingerprint density at radius 2 is 1.88 bits per heavy atom. The summed E-state index contributed by atoms with van der Waals surface area (Å²) in [5, 5.41) is 5.12. The number of anilines is 1. The number of hydrogen-bond acceptors (Lipinski definition) is 5. The average Bonchev–Trinajstić information content (AvgIpc) is 3.10. The van der Waals surface area contributed by atoms with Gasteiger partial charge in [0.1, 0.15) is 5.75 Å². The number of thiazole rings is 1. The number of para-hydroxylation sites is 1. The molecule has 3 rings (SSSR count). The first kappa shape index (κ1) is 16.7. The average molecular weight is 351 g/mol. The first-order chi connectivity index (χ1) is 12.2. The highest BCUT2D eigenvalue weighted by Crippen LogP contribution is 2.31. The standard InChI is InChI=1S/C19H17N3O2S/c1-24-17-10-6-5-9-14(17)16-12-25-19(21-16)22-18(23)11-15(20)13-7-3-2-4-8-13/h2-12H,20H2,1H3,(H,21,22,23). The van der Waals surface area contributed by atoms with Crippen molar-refractivity contribution in [2.45, 2.75) is 0 Å². The van der Waals surface area contributed by atoms with E-state index in [9.17, 15) is 4.79 Å². The number of nitrogens with two attached hydrogens (primary N) is 1. The van der Waals surface area contributed by atoms with Gasteiger partial charge in [-0.15, -0.1) is 11.3 Å². The van der Waals surface area contributed by atoms with Crippen LogP contribution in [0.1, 0.15) is 5.56 Å². The molecule has 2 aromatic carbocycles. The van der Waals surface area contributed by atoms with Crippen LogP contribution in [-0.4, -0.2) is 18.0 Å². The first-order valence-corrected chi connectivity index (χ1v) is 8.48. The SMILES string of the molecule is COc1ccccc1-c1csc(NC(=O)C=C(N)c2ccccc2)n1. The zero-order valence-electron chi connectivity index (χ0n) is 13.6. The van der Waals surface area contributed by atoms with Crippen LogP contribution in [0.5, 0.6) is 5.75 Å². The lowest BCUT2D eigenvalue weighted by Crippen LogP contribution is -2.10. The van der Waals surface area contributed by atoms with Crippen LogP contribution in [0.15, 0.2) is 66.1 Å². The lowest BCUT2D eigenvalue weighted by Gasteiger charge is -2.05. The minimum Gasteiger partial charge on any atom is -0.496 e. The normalized spacial score (nSPS) is 11.2. The smallest absolute Gasteiger partial charge is 0.252 e. The van der Waals surface area contributed by atoms with Crippen molar-refractivity contribution < 1.29 is 9.53 Å². The van der Waals surface area contributed by atoms with Gasteiger partial charge in [0.05, 0.1) is 12.8 Å². The largest absolute Gasteiger partial charge is 0.496 e. The lowest BCUT2D eigenvalue weighted by atomic mass is 10.1. The van der Waals surface area contributed by atoms with E-state index in [2.05, 4.69) is 10.3 Å². The van der Waals surface area contributed by atoms with Crippen LogP contribution in [0.25, 0.3) is 17.0 Å². The van der Waals surface area contributed by atoms with Crippen LogP contribution in [0, 0.1) is 0 Å². The van der Waals surface area contributed by atoms with Crippen LogP contribution in [-0.2, 0) is 4.79 Å². The van der Waals surface area contributed by atoms with E-state index in [1.165, 1.54) is 17.4 Å². The molecule has 3 aromatic rings. The maximum absolute atomic E-state index is 12.1. The Kier molecular flexibility index (Phi) is 5.11. The van der Waals surface area contributed by atoms with E-state index in [4.69, 9.17) is 10.5 Å². The molecule has 0 aliphatic rings. The van der Waals surface area contributed by atoms with Gasteiger partial charge in [-0.25, -0.2) is 4.98 Å². The summed E-state index contributed by atoms with van der Waals surface area (Å²) in [4.78, 5) is 16.6. The molecule has 0 atom stereocenters. The predicted octanol–water partition coefficient (Wildman–Crippen LogP) is 3.76. The second-order valence-electron chi connectivity index (χ2n) is 5.19. The van der Waals surface area contributed by atoms with E-state index < -0.39 is 0 Å². The van der Waals surface area contributed by atoms with Gasteiger partial charge in [-0.05, 0) is 17.7 Å². The summed E-state index contributed by atoms with van der Waals surface area (Å²) < 4.78 is 5.34. The van der Waals surface area contributed by atoms with Crippen molar-refractivity contribution in [2.24, 2.45) is 5.73 Å². The van der Waals surface area contributed by atoms with Crippen LogP contribution in [0.3, 0.4) is 0 Å². The number of benzene rings is 2. The minimum atomic E-state index is -0.317. The molecule has 0 aliphatic carbocycles. The van der Waals surface area contributed by atoms with Crippen molar-refractivity contribution in [2.75, 3.05) is 12.4 Å². The van der Waals surface area contributed by atoms with Crippen molar-refractivity contribution in [3.8, 4) is 17.0 Å². The van der Waals surface area contributed by atoms with Crippen LogP contribution >= 0.6 is 11.3 Å². The Morgan fingerprint density at radius 1 is 1.16 bits per heavy atom. The van der Waals surface area contributed by atoms with Crippen molar-refractivity contribution in [3.05, 3.63) is 71.6 Å². The molecular weight excluding hydrogens is 334 g/mol. The maximum Gasteiger partial charge on any atom is 0.252 e. The van der Waals surface area contributed by atoms with Crippen LogP contribution in [0.4, 0.5) is 5.13 Å². The quantitative estimate of drug-likeness (QED) is 0.686. The fourth-order valence-corrected chi connectivity index (χ4v) is 3.02. The van der Waals surface area contributed by atoms with E-state index in [0.717, 1.165) is 22.6 Å². The third-order valence-electron chi connectivity index (χ3n) is 3.51. The summed E-state index contributed by atoms with van der Waals surface area (Å²) in [6.45, 7) is 0. The van der Waals surface area contributed by atoms with Gasteiger partial charge in [-0.1, -0.05) is 42.5 Å². The molecule has 0 unspecified atom stereocenters. The fraction of sp³-hybridized carbons (Fsp3) is 0.0526. The van der Waals surface area contributed by atoms with Gasteiger partial charge >= 0.3 is 0 Å². The summed E-state index contributed by atoms with van der Waals surface area (Å²) >= 11 is 1.35. The molecule has 126 valence electrons. The number of aromatic nitrogens is 1. The third kappa shape index (κ3) is 4.05. The van der Waals surface area contributed by atoms with Gasteiger partial charge < -0.3 is 10.5 Å². The minimum absolute atomic E-state index is 0.317. The fourth-order valence-electron chi connectivity index (χ4n) is 2.31. The Morgan fingerprint density at radius 3 is 2.64 bits per heavy atom. The zero-order valence-corrected chi connectivity index (χ0v) is 14.4. The molecule has 3 N–H and O–H groups in total. The molecule has 1 aromatic heterocycles. The maximum atomic E-state index is 12.1. The van der Waals surface area contributed by atoms with Gasteiger partial charge in [0.15, 0.2) is 5.13 Å². The molecule has 0 saturated heterocycles. The molecular formula is C19H17N3O2S. The number of rotatable bonds is 5. The van der Waals surface area contributed by atoms with E-state index >= 15 is 0 Å². The Bertz CT molecular complexity index is 904. The molecule has 6 heteroatoms. The molecule has 0 fully saturated rings. The van der Waals surface area contributed by atoms with Crippen LogP contribution < -0.4 is 15.8 Å². The van der Waals surface area contributed by atoms with Crippen molar-refractivity contribution in [3.63, 3.8) is 0 Å². The lowest BCUT2D eigenvalue weighted by molar-refractivity contribution is -0.111. The Hall–Kier alpha value is -3.12. The number of nitrogens with one attached hydrogen (secondary N) is 1. The van der Waals surface area contributed by atoms with Gasteiger partial charge in [-0.2, -0.15) is 0 Å². The number of ether oxygens (including phenoxy) is 1. The van der Waals surface area contributed by atoms with Crippen molar-refractivity contribution in [1.82, 2.24) is 4.98 Å². The number of carbonyl (C=O) groups excluding carboxylic acids is 1. The second-order valence-corrected chi connectivity index (χ2v) is 6.05. The summed E-state index contributed by atoms with van der Waals surface area (Å²) in [7, 11) is 1.62. The first-order valence-electron chi connectivity index (χ1n) is 7.60. The van der Waals surface area contributed by atoms with Gasteiger partial charge in [0.25, 0.3) is 5.91 Å².